The molecule has 0 amide bonds. The highest BCUT2D eigenvalue weighted by molar-refractivity contribution is 5.16. The Morgan fingerprint density at radius 1 is 1.71 bits per heavy atom. The van der Waals surface area contributed by atoms with Gasteiger partial charge in [0.25, 0.3) is 0 Å². The topological polar surface area (TPSA) is 79.4 Å². The van der Waals surface area contributed by atoms with Gasteiger partial charge in [-0.15, -0.1) is 0 Å². The highest BCUT2D eigenvalue weighted by Gasteiger charge is 2.33. The van der Waals surface area contributed by atoms with Crippen molar-refractivity contribution in [3.05, 3.63) is 22.1 Å². The number of aromatic nitrogens is 2. The molecule has 17 heavy (non-hydrogen) atoms. The molecule has 2 heterocycles. The fraction of sp³-hybridized carbons (Fsp3) is 0.700. The van der Waals surface area contributed by atoms with Crippen LogP contribution in [0.4, 0.5) is 5.82 Å². The van der Waals surface area contributed by atoms with E-state index in [-0.39, 0.29) is 11.9 Å². The van der Waals surface area contributed by atoms with E-state index in [1.54, 1.807) is 11.5 Å². The van der Waals surface area contributed by atoms with Gasteiger partial charge in [0.15, 0.2) is 5.79 Å². The minimum absolute atomic E-state index is 0.0995. The van der Waals surface area contributed by atoms with Crippen molar-refractivity contribution in [1.29, 1.82) is 0 Å². The number of imidazole rings is 1. The molecule has 1 atom stereocenters. The van der Waals surface area contributed by atoms with E-state index in [0.717, 1.165) is 0 Å². The van der Waals surface area contributed by atoms with E-state index in [1.165, 1.54) is 6.20 Å². The number of nitro groups is 1. The zero-order chi connectivity index (χ0) is 12.6. The van der Waals surface area contributed by atoms with Gasteiger partial charge in [-0.1, -0.05) is 0 Å². The van der Waals surface area contributed by atoms with Gasteiger partial charge in [-0.25, -0.2) is 0 Å². The first kappa shape index (κ1) is 12.0. The van der Waals surface area contributed by atoms with Crippen LogP contribution in [0.15, 0.2) is 6.20 Å². The van der Waals surface area contributed by atoms with Crippen molar-refractivity contribution in [2.75, 3.05) is 6.61 Å². The second-order valence-corrected chi connectivity index (χ2v) is 4.51. The van der Waals surface area contributed by atoms with Gasteiger partial charge in [0.2, 0.25) is 5.82 Å². The Morgan fingerprint density at radius 2 is 2.41 bits per heavy atom. The average molecular weight is 241 g/mol. The Labute approximate surface area is 98.5 Å². The van der Waals surface area contributed by atoms with Crippen LogP contribution in [0.25, 0.3) is 0 Å². The van der Waals surface area contributed by atoms with E-state index in [4.69, 9.17) is 9.47 Å². The molecular weight excluding hydrogens is 226 g/mol. The van der Waals surface area contributed by atoms with Gasteiger partial charge in [-0.05, 0) is 23.8 Å². The summed E-state index contributed by atoms with van der Waals surface area (Å²) in [6.45, 7) is 6.41. The number of ether oxygens (including phenoxy) is 2. The third kappa shape index (κ3) is 2.62. The second-order valence-electron chi connectivity index (χ2n) is 4.51. The predicted octanol–water partition coefficient (Wildman–Crippen LogP) is 1.25. The fourth-order valence-corrected chi connectivity index (χ4v) is 1.84. The minimum atomic E-state index is -0.578. The maximum absolute atomic E-state index is 10.6. The molecule has 0 saturated carbocycles. The van der Waals surface area contributed by atoms with Gasteiger partial charge in [0.05, 0.1) is 13.2 Å². The molecule has 1 aromatic rings. The quantitative estimate of drug-likeness (QED) is 0.587. The van der Waals surface area contributed by atoms with Crippen molar-refractivity contribution < 1.29 is 14.4 Å². The SMILES string of the molecule is Cc1nc([N+](=O)[O-])cn1CC1COC(C)(C)O1. The molecule has 0 bridgehead atoms. The summed E-state index contributed by atoms with van der Waals surface area (Å²) in [5, 5.41) is 10.6. The first-order valence-electron chi connectivity index (χ1n) is 5.37. The van der Waals surface area contributed by atoms with Crippen LogP contribution in [0, 0.1) is 17.0 Å². The maximum atomic E-state index is 10.6. The van der Waals surface area contributed by atoms with E-state index in [2.05, 4.69) is 4.98 Å². The lowest BCUT2D eigenvalue weighted by Gasteiger charge is -2.17. The molecule has 1 aliphatic rings. The molecule has 2 rings (SSSR count). The number of aryl methyl sites for hydroxylation is 1. The summed E-state index contributed by atoms with van der Waals surface area (Å²) in [6.07, 6.45) is 1.32. The van der Waals surface area contributed by atoms with Crippen molar-refractivity contribution >= 4 is 5.82 Å². The molecule has 0 aromatic carbocycles. The Bertz CT molecular complexity index is 441. The molecule has 7 heteroatoms. The first-order valence-corrected chi connectivity index (χ1v) is 5.37. The maximum Gasteiger partial charge on any atom is 0.381 e. The van der Waals surface area contributed by atoms with Gasteiger partial charge in [-0.3, -0.25) is 0 Å². The molecule has 1 saturated heterocycles. The van der Waals surface area contributed by atoms with Crippen molar-refractivity contribution in [1.82, 2.24) is 9.55 Å². The van der Waals surface area contributed by atoms with Crippen LogP contribution >= 0.6 is 0 Å². The number of hydrogen-bond acceptors (Lipinski definition) is 5. The summed E-state index contributed by atoms with van der Waals surface area (Å²) in [6, 6.07) is 0. The first-order chi connectivity index (χ1) is 7.87. The zero-order valence-corrected chi connectivity index (χ0v) is 10.0. The van der Waals surface area contributed by atoms with E-state index in [1.807, 2.05) is 13.8 Å². The van der Waals surface area contributed by atoms with Crippen LogP contribution in [0.5, 0.6) is 0 Å². The summed E-state index contributed by atoms with van der Waals surface area (Å²) in [5.74, 6) is -0.115. The lowest BCUT2D eigenvalue weighted by Crippen LogP contribution is -2.24. The van der Waals surface area contributed by atoms with E-state index >= 15 is 0 Å². The Balaban J connectivity index is 2.07. The lowest BCUT2D eigenvalue weighted by atomic mass is 10.3. The third-order valence-corrected chi connectivity index (χ3v) is 2.62. The highest BCUT2D eigenvalue weighted by Crippen LogP contribution is 2.24. The molecule has 0 spiro atoms. The van der Waals surface area contributed by atoms with Crippen LogP contribution in [0.3, 0.4) is 0 Å². The van der Waals surface area contributed by atoms with E-state index < -0.39 is 10.7 Å². The standard InChI is InChI=1S/C10H15N3O4/c1-7-11-9(13(14)15)5-12(7)4-8-6-16-10(2,3)17-8/h5,8H,4,6H2,1-3H3. The second kappa shape index (κ2) is 4.08. The normalized spacial score (nSPS) is 22.9. The van der Waals surface area contributed by atoms with Crippen LogP contribution in [0.1, 0.15) is 19.7 Å². The van der Waals surface area contributed by atoms with Crippen molar-refractivity contribution in [2.24, 2.45) is 0 Å². The fourth-order valence-electron chi connectivity index (χ4n) is 1.84. The van der Waals surface area contributed by atoms with Crippen LogP contribution in [0.2, 0.25) is 0 Å². The highest BCUT2D eigenvalue weighted by atomic mass is 16.7. The van der Waals surface area contributed by atoms with Crippen molar-refractivity contribution in [3.8, 4) is 0 Å². The molecule has 94 valence electrons. The molecule has 0 N–H and O–H groups in total. The van der Waals surface area contributed by atoms with Gasteiger partial charge < -0.3 is 24.2 Å². The number of nitrogens with zero attached hydrogens (tertiary/aromatic N) is 3. The molecule has 1 unspecified atom stereocenters. The summed E-state index contributed by atoms with van der Waals surface area (Å²) < 4.78 is 12.8. The van der Waals surface area contributed by atoms with E-state index in [9.17, 15) is 10.1 Å². The lowest BCUT2D eigenvalue weighted by molar-refractivity contribution is -0.389. The zero-order valence-electron chi connectivity index (χ0n) is 10.0. The molecule has 0 radical (unpaired) electrons. The molecule has 0 aliphatic carbocycles. The van der Waals surface area contributed by atoms with Crippen LogP contribution in [-0.4, -0.2) is 33.0 Å². The summed E-state index contributed by atoms with van der Waals surface area (Å²) in [5.41, 5.74) is 0. The molecule has 7 nitrogen and oxygen atoms in total. The van der Waals surface area contributed by atoms with Crippen LogP contribution < -0.4 is 0 Å². The summed E-state index contributed by atoms with van der Waals surface area (Å²) in [7, 11) is 0. The van der Waals surface area contributed by atoms with Crippen molar-refractivity contribution in [3.63, 3.8) is 0 Å². The molecule has 1 fully saturated rings. The van der Waals surface area contributed by atoms with Gasteiger partial charge >= 0.3 is 5.82 Å². The van der Waals surface area contributed by atoms with Crippen LogP contribution in [-0.2, 0) is 16.0 Å². The average Bonchev–Trinajstić information content (AvgIpc) is 2.72. The van der Waals surface area contributed by atoms with Gasteiger partial charge in [-0.2, -0.15) is 0 Å². The Morgan fingerprint density at radius 3 is 2.88 bits per heavy atom. The largest absolute Gasteiger partial charge is 0.381 e. The Kier molecular flexibility index (Phi) is 2.88. The third-order valence-electron chi connectivity index (χ3n) is 2.62. The predicted molar refractivity (Wildman–Crippen MR) is 58.5 cm³/mol. The van der Waals surface area contributed by atoms with Gasteiger partial charge in [0.1, 0.15) is 12.3 Å². The monoisotopic (exact) mass is 241 g/mol. The molecular formula is C10H15N3O4. The molecule has 1 aliphatic heterocycles. The smallest absolute Gasteiger partial charge is 0.358 e. The van der Waals surface area contributed by atoms with E-state index in [0.29, 0.717) is 19.0 Å². The van der Waals surface area contributed by atoms with Gasteiger partial charge in [0, 0.05) is 6.92 Å². The molecule has 1 aromatic heterocycles. The van der Waals surface area contributed by atoms with Crippen molar-refractivity contribution in [2.45, 2.75) is 39.2 Å². The number of hydrogen-bond donors (Lipinski definition) is 0. The summed E-state index contributed by atoms with van der Waals surface area (Å²) >= 11 is 0. The minimum Gasteiger partial charge on any atom is -0.358 e. The summed E-state index contributed by atoms with van der Waals surface area (Å²) in [4.78, 5) is 13.9. The number of rotatable bonds is 3. The Hall–Kier alpha value is -1.47.